The van der Waals surface area contributed by atoms with Crippen molar-refractivity contribution in [2.45, 2.75) is 6.92 Å². The van der Waals surface area contributed by atoms with Gasteiger partial charge in [-0.05, 0) is 18.2 Å². The number of hydrogen-bond acceptors (Lipinski definition) is 5. The molecule has 0 saturated carbocycles. The predicted molar refractivity (Wildman–Crippen MR) is 81.3 cm³/mol. The molecule has 0 fully saturated rings. The van der Waals surface area contributed by atoms with Crippen molar-refractivity contribution in [1.29, 1.82) is 0 Å². The van der Waals surface area contributed by atoms with Crippen molar-refractivity contribution >= 4 is 40.7 Å². The molecule has 1 aromatic carbocycles. The average Bonchev–Trinajstić information content (AvgIpc) is 2.70. The Morgan fingerprint density at radius 1 is 1.36 bits per heavy atom. The zero-order chi connectivity index (χ0) is 16.3. The summed E-state index contributed by atoms with van der Waals surface area (Å²) in [6.45, 7) is 0.993. The molecule has 3 N–H and O–H groups in total. The summed E-state index contributed by atoms with van der Waals surface area (Å²) in [5.74, 6) is -1.29. The number of aliphatic hydroxyl groups is 1. The second-order valence-corrected chi connectivity index (χ2v) is 4.98. The summed E-state index contributed by atoms with van der Waals surface area (Å²) in [6.07, 6.45) is 1.14. The predicted octanol–water partition coefficient (Wildman–Crippen LogP) is 0.955. The van der Waals surface area contributed by atoms with Crippen molar-refractivity contribution in [2.24, 2.45) is 0 Å². The average molecular weight is 324 g/mol. The maximum Gasteiger partial charge on any atom is 0.277 e. The van der Waals surface area contributed by atoms with E-state index in [9.17, 15) is 14.4 Å². The number of β-amino-alcohol motifs (C(OH)–C–C–N with tert-alkyl or cyclic N) is 1. The molecule has 22 heavy (non-hydrogen) atoms. The van der Waals surface area contributed by atoms with Crippen LogP contribution in [-0.4, -0.2) is 40.9 Å². The molecule has 2 rings (SSSR count). The molecule has 0 unspecified atom stereocenters. The Bertz CT molecular complexity index is 672. The SMILES string of the molecule is CC(=O)Nc1ccc(Cl)c(NC2=CC(=O)N(CCO)C2=O)c1. The van der Waals surface area contributed by atoms with Gasteiger partial charge in [-0.25, -0.2) is 0 Å². The van der Waals surface area contributed by atoms with E-state index in [4.69, 9.17) is 16.7 Å². The quantitative estimate of drug-likeness (QED) is 0.701. The lowest BCUT2D eigenvalue weighted by atomic mass is 10.2. The number of halogens is 1. The van der Waals surface area contributed by atoms with Gasteiger partial charge < -0.3 is 15.7 Å². The zero-order valence-electron chi connectivity index (χ0n) is 11.7. The Hall–Kier alpha value is -2.38. The van der Waals surface area contributed by atoms with Crippen LogP contribution in [0.3, 0.4) is 0 Å². The van der Waals surface area contributed by atoms with E-state index in [-0.39, 0.29) is 24.8 Å². The van der Waals surface area contributed by atoms with E-state index in [2.05, 4.69) is 10.6 Å². The smallest absolute Gasteiger partial charge is 0.277 e. The van der Waals surface area contributed by atoms with Crippen LogP contribution in [0, 0.1) is 0 Å². The van der Waals surface area contributed by atoms with Gasteiger partial charge in [0.15, 0.2) is 0 Å². The normalized spacial score (nSPS) is 14.1. The Morgan fingerprint density at radius 3 is 2.73 bits per heavy atom. The highest BCUT2D eigenvalue weighted by Gasteiger charge is 2.30. The number of benzene rings is 1. The summed E-state index contributed by atoms with van der Waals surface area (Å²) < 4.78 is 0. The third-order valence-electron chi connectivity index (χ3n) is 2.89. The monoisotopic (exact) mass is 323 g/mol. The first-order chi connectivity index (χ1) is 10.4. The van der Waals surface area contributed by atoms with Crippen LogP contribution in [0.2, 0.25) is 5.02 Å². The molecule has 7 nitrogen and oxygen atoms in total. The summed E-state index contributed by atoms with van der Waals surface area (Å²) in [5, 5.41) is 14.6. The van der Waals surface area contributed by atoms with E-state index < -0.39 is 11.8 Å². The molecule has 0 bridgehead atoms. The van der Waals surface area contributed by atoms with Crippen LogP contribution < -0.4 is 10.6 Å². The molecule has 3 amide bonds. The number of aliphatic hydroxyl groups excluding tert-OH is 1. The van der Waals surface area contributed by atoms with Gasteiger partial charge >= 0.3 is 0 Å². The van der Waals surface area contributed by atoms with Crippen molar-refractivity contribution in [2.75, 3.05) is 23.8 Å². The minimum absolute atomic E-state index is 0.0559. The number of rotatable bonds is 5. The van der Waals surface area contributed by atoms with Crippen LogP contribution in [0.15, 0.2) is 30.0 Å². The molecule has 8 heteroatoms. The molecule has 1 heterocycles. The van der Waals surface area contributed by atoms with Crippen molar-refractivity contribution in [3.05, 3.63) is 35.0 Å². The van der Waals surface area contributed by atoms with Crippen molar-refractivity contribution < 1.29 is 19.5 Å². The van der Waals surface area contributed by atoms with E-state index in [1.165, 1.54) is 6.92 Å². The minimum atomic E-state index is -0.542. The molecular weight excluding hydrogens is 310 g/mol. The number of anilines is 2. The van der Waals surface area contributed by atoms with Gasteiger partial charge in [-0.3, -0.25) is 19.3 Å². The fraction of sp³-hybridized carbons (Fsp3) is 0.214. The minimum Gasteiger partial charge on any atom is -0.395 e. The Kier molecular flexibility index (Phi) is 4.79. The molecule has 1 aliphatic rings. The summed E-state index contributed by atoms with van der Waals surface area (Å²) in [4.78, 5) is 35.7. The van der Waals surface area contributed by atoms with Crippen LogP contribution in [0.4, 0.5) is 11.4 Å². The number of carbonyl (C=O) groups excluding carboxylic acids is 3. The van der Waals surface area contributed by atoms with Crippen LogP contribution in [-0.2, 0) is 14.4 Å². The second kappa shape index (κ2) is 6.59. The summed E-state index contributed by atoms with van der Waals surface area (Å²) in [5.41, 5.74) is 0.940. The molecule has 0 aliphatic carbocycles. The fourth-order valence-corrected chi connectivity index (χ4v) is 2.12. The topological polar surface area (TPSA) is 98.7 Å². The molecule has 0 radical (unpaired) electrons. The number of carbonyl (C=O) groups is 3. The molecule has 0 aromatic heterocycles. The lowest BCUT2D eigenvalue weighted by Crippen LogP contribution is -2.34. The molecular formula is C14H14ClN3O4. The van der Waals surface area contributed by atoms with Crippen molar-refractivity contribution in [3.8, 4) is 0 Å². The summed E-state index contributed by atoms with van der Waals surface area (Å²) >= 11 is 6.04. The first-order valence-electron chi connectivity index (χ1n) is 6.45. The van der Waals surface area contributed by atoms with E-state index in [1.807, 2.05) is 0 Å². The van der Waals surface area contributed by atoms with E-state index >= 15 is 0 Å². The van der Waals surface area contributed by atoms with Crippen molar-refractivity contribution in [3.63, 3.8) is 0 Å². The molecule has 0 atom stereocenters. The lowest BCUT2D eigenvalue weighted by molar-refractivity contribution is -0.137. The Morgan fingerprint density at radius 2 is 2.09 bits per heavy atom. The Labute approximate surface area is 131 Å². The fourth-order valence-electron chi connectivity index (χ4n) is 1.96. The van der Waals surface area contributed by atoms with Crippen LogP contribution in [0.25, 0.3) is 0 Å². The summed E-state index contributed by atoms with van der Waals surface area (Å²) in [7, 11) is 0. The van der Waals surface area contributed by atoms with Gasteiger partial charge in [0.25, 0.3) is 11.8 Å². The molecule has 0 saturated heterocycles. The highest BCUT2D eigenvalue weighted by Crippen LogP contribution is 2.28. The van der Waals surface area contributed by atoms with E-state index in [0.29, 0.717) is 16.4 Å². The van der Waals surface area contributed by atoms with E-state index in [0.717, 1.165) is 11.0 Å². The maximum absolute atomic E-state index is 12.0. The van der Waals surface area contributed by atoms with Gasteiger partial charge in [-0.2, -0.15) is 0 Å². The van der Waals surface area contributed by atoms with E-state index in [1.54, 1.807) is 18.2 Å². The van der Waals surface area contributed by atoms with Crippen molar-refractivity contribution in [1.82, 2.24) is 4.90 Å². The van der Waals surface area contributed by atoms with Gasteiger partial charge in [-0.1, -0.05) is 11.6 Å². The Balaban J connectivity index is 2.20. The standard InChI is InChI=1S/C14H14ClN3O4/c1-8(20)16-9-2-3-10(15)11(6-9)17-12-7-13(21)18(4-5-19)14(12)22/h2-3,6-7,17,19H,4-5H2,1H3,(H,16,20). The number of amides is 3. The second-order valence-electron chi connectivity index (χ2n) is 4.58. The number of nitrogens with one attached hydrogen (secondary N) is 2. The highest BCUT2D eigenvalue weighted by atomic mass is 35.5. The molecule has 1 aromatic rings. The number of nitrogens with zero attached hydrogens (tertiary/aromatic N) is 1. The lowest BCUT2D eigenvalue weighted by Gasteiger charge is -2.14. The van der Waals surface area contributed by atoms with Crippen LogP contribution in [0.1, 0.15) is 6.92 Å². The number of imide groups is 1. The molecule has 0 spiro atoms. The zero-order valence-corrected chi connectivity index (χ0v) is 12.5. The molecule has 116 valence electrons. The number of hydrogen-bond donors (Lipinski definition) is 3. The van der Waals surface area contributed by atoms with Gasteiger partial charge in [-0.15, -0.1) is 0 Å². The highest BCUT2D eigenvalue weighted by molar-refractivity contribution is 6.33. The van der Waals surface area contributed by atoms with Gasteiger partial charge in [0.1, 0.15) is 5.70 Å². The summed E-state index contributed by atoms with van der Waals surface area (Å²) in [6, 6.07) is 4.72. The first kappa shape index (κ1) is 16.0. The largest absolute Gasteiger partial charge is 0.395 e. The van der Waals surface area contributed by atoms with Crippen LogP contribution >= 0.6 is 11.6 Å². The molecule has 1 aliphatic heterocycles. The third-order valence-corrected chi connectivity index (χ3v) is 3.22. The van der Waals surface area contributed by atoms with Gasteiger partial charge in [0, 0.05) is 18.7 Å². The third kappa shape index (κ3) is 3.44. The first-order valence-corrected chi connectivity index (χ1v) is 6.82. The van der Waals surface area contributed by atoms with Gasteiger partial charge in [0.05, 0.1) is 23.9 Å². The van der Waals surface area contributed by atoms with Crippen LogP contribution in [0.5, 0.6) is 0 Å². The van der Waals surface area contributed by atoms with Gasteiger partial charge in [0.2, 0.25) is 5.91 Å². The maximum atomic E-state index is 12.0.